The zero-order chi connectivity index (χ0) is 25.4. The normalized spacial score (nSPS) is 23.5. The minimum Gasteiger partial charge on any atom is -0.476 e. The topological polar surface area (TPSA) is 126 Å². The highest BCUT2D eigenvalue weighted by Crippen LogP contribution is 2.57. The summed E-state index contributed by atoms with van der Waals surface area (Å²) in [6, 6.07) is 3.33. The quantitative estimate of drug-likeness (QED) is 0.576. The van der Waals surface area contributed by atoms with Gasteiger partial charge in [0, 0.05) is 18.7 Å². The lowest BCUT2D eigenvalue weighted by Gasteiger charge is -2.20. The van der Waals surface area contributed by atoms with Crippen LogP contribution in [-0.4, -0.2) is 42.1 Å². The first kappa shape index (κ1) is 25.0. The Morgan fingerprint density at radius 1 is 1.40 bits per heavy atom. The second kappa shape index (κ2) is 9.16. The number of sulfonamides is 1. The maximum absolute atomic E-state index is 13.0. The predicted molar refractivity (Wildman–Crippen MR) is 119 cm³/mol. The van der Waals surface area contributed by atoms with E-state index in [2.05, 4.69) is 10.1 Å². The van der Waals surface area contributed by atoms with Crippen LogP contribution in [0.25, 0.3) is 5.82 Å². The van der Waals surface area contributed by atoms with E-state index in [-0.39, 0.29) is 47.5 Å². The number of aromatic nitrogens is 2. The molecular weight excluding hydrogens is 511 g/mol. The van der Waals surface area contributed by atoms with E-state index in [0.717, 1.165) is 0 Å². The Morgan fingerprint density at radius 2 is 2.14 bits per heavy atom. The average molecular weight is 530 g/mol. The average Bonchev–Trinajstić information content (AvgIpc) is 3.47. The van der Waals surface area contributed by atoms with Crippen LogP contribution in [0.4, 0.5) is 13.2 Å². The van der Waals surface area contributed by atoms with E-state index in [1.165, 1.54) is 35.2 Å². The summed E-state index contributed by atoms with van der Waals surface area (Å²) < 4.78 is 72.7. The molecule has 1 N–H and O–H groups in total. The number of aliphatic imine (C=N–C) groups is 1. The third-order valence-corrected chi connectivity index (χ3v) is 7.72. The fourth-order valence-electron chi connectivity index (χ4n) is 3.50. The maximum Gasteiger partial charge on any atom is 0.397 e. The van der Waals surface area contributed by atoms with E-state index >= 15 is 0 Å². The van der Waals surface area contributed by atoms with Gasteiger partial charge in [-0.2, -0.15) is 18.4 Å². The standard InChI is InChI=1S/C21H19ClF3N5O4S/c22-18-15(19(31)29-35(32,33)14-3-1-2-13(10-14)11-26)4-5-16(27-18)30-9-6-17(28-30)34-12-20(7-8-20)21(23,24)25/h1-3,5-6,9,13,15H,4,7-8,10,12H2,(H,29,31). The Labute approximate surface area is 203 Å². The number of nitriles is 1. The summed E-state index contributed by atoms with van der Waals surface area (Å²) in [4.78, 5) is 16.6. The smallest absolute Gasteiger partial charge is 0.397 e. The van der Waals surface area contributed by atoms with Crippen molar-refractivity contribution in [3.8, 4) is 11.9 Å². The van der Waals surface area contributed by atoms with Crippen LogP contribution in [0.2, 0.25) is 0 Å². The number of rotatable bonds is 7. The molecule has 0 aromatic carbocycles. The molecule has 0 spiro atoms. The van der Waals surface area contributed by atoms with E-state index in [4.69, 9.17) is 21.6 Å². The molecule has 2 aliphatic carbocycles. The van der Waals surface area contributed by atoms with Gasteiger partial charge in [-0.15, -0.1) is 5.10 Å². The Bertz CT molecular complexity index is 1300. The maximum atomic E-state index is 13.0. The zero-order valence-electron chi connectivity index (χ0n) is 18.0. The number of nitrogens with one attached hydrogen (secondary N) is 1. The summed E-state index contributed by atoms with van der Waals surface area (Å²) in [6.07, 6.45) is 2.85. The van der Waals surface area contributed by atoms with Gasteiger partial charge in [-0.3, -0.25) is 4.79 Å². The van der Waals surface area contributed by atoms with Gasteiger partial charge in [0.1, 0.15) is 17.2 Å². The Balaban J connectivity index is 1.38. The number of allylic oxidation sites excluding steroid dienone is 5. The molecule has 1 saturated carbocycles. The number of alkyl halides is 3. The molecule has 0 saturated heterocycles. The molecule has 3 aliphatic rings. The monoisotopic (exact) mass is 529 g/mol. The summed E-state index contributed by atoms with van der Waals surface area (Å²) >= 11 is 6.16. The van der Waals surface area contributed by atoms with Crippen LogP contribution in [0, 0.1) is 28.6 Å². The van der Waals surface area contributed by atoms with E-state index in [0.29, 0.717) is 0 Å². The van der Waals surface area contributed by atoms with Gasteiger partial charge in [0.2, 0.25) is 11.8 Å². The number of halogens is 4. The van der Waals surface area contributed by atoms with Gasteiger partial charge in [-0.1, -0.05) is 23.8 Å². The summed E-state index contributed by atoms with van der Waals surface area (Å²) in [5, 5.41) is 12.9. The zero-order valence-corrected chi connectivity index (χ0v) is 19.6. The van der Waals surface area contributed by atoms with Crippen LogP contribution in [0.3, 0.4) is 0 Å². The molecule has 4 rings (SSSR count). The minimum absolute atomic E-state index is 0.00598. The molecule has 0 radical (unpaired) electrons. The Kier molecular flexibility index (Phi) is 6.54. The first-order valence-corrected chi connectivity index (χ1v) is 12.3. The van der Waals surface area contributed by atoms with E-state index < -0.39 is 46.0 Å². The van der Waals surface area contributed by atoms with Crippen molar-refractivity contribution in [1.29, 1.82) is 5.26 Å². The third kappa shape index (κ3) is 5.28. The molecule has 1 aliphatic heterocycles. The number of carbonyl (C=O) groups is 1. The SMILES string of the molecule is N#CC1C=CC=C(S(=O)(=O)NC(=O)C2CC=C(n3ccc(OCC4(C(F)(F)F)CC4)n3)N=C2Cl)C1. The molecule has 2 atom stereocenters. The van der Waals surface area contributed by atoms with Crippen molar-refractivity contribution in [3.63, 3.8) is 0 Å². The van der Waals surface area contributed by atoms with Gasteiger partial charge in [-0.05, 0) is 31.4 Å². The highest BCUT2D eigenvalue weighted by atomic mass is 35.5. The number of ether oxygens (including phenoxy) is 1. The van der Waals surface area contributed by atoms with Crippen molar-refractivity contribution in [2.75, 3.05) is 6.61 Å². The van der Waals surface area contributed by atoms with E-state index in [1.807, 2.05) is 10.8 Å². The van der Waals surface area contributed by atoms with Gasteiger partial charge in [0.15, 0.2) is 5.82 Å². The molecule has 1 aromatic heterocycles. The molecule has 1 aromatic rings. The summed E-state index contributed by atoms with van der Waals surface area (Å²) in [5.74, 6) is -2.40. The van der Waals surface area contributed by atoms with E-state index in [9.17, 15) is 26.4 Å². The fourth-order valence-corrected chi connectivity index (χ4v) is 4.97. The van der Waals surface area contributed by atoms with Crippen LogP contribution >= 0.6 is 11.6 Å². The number of hydrogen-bond donors (Lipinski definition) is 1. The van der Waals surface area contributed by atoms with Crippen molar-refractivity contribution < 1.29 is 31.1 Å². The summed E-state index contributed by atoms with van der Waals surface area (Å²) in [7, 11) is -4.17. The Morgan fingerprint density at radius 3 is 2.77 bits per heavy atom. The number of carbonyl (C=O) groups excluding carboxylic acids is 1. The van der Waals surface area contributed by atoms with Crippen LogP contribution in [0.15, 0.2) is 46.5 Å². The Hall–Kier alpha value is -3.11. The number of amides is 1. The van der Waals surface area contributed by atoms with Crippen molar-refractivity contribution in [3.05, 3.63) is 41.5 Å². The van der Waals surface area contributed by atoms with Gasteiger partial charge in [0.25, 0.3) is 10.0 Å². The summed E-state index contributed by atoms with van der Waals surface area (Å²) in [6.45, 7) is -0.533. The molecule has 2 unspecified atom stereocenters. The minimum atomic E-state index is -4.34. The van der Waals surface area contributed by atoms with Gasteiger partial charge in [-0.25, -0.2) is 22.8 Å². The van der Waals surface area contributed by atoms with Crippen molar-refractivity contribution in [2.24, 2.45) is 22.2 Å². The predicted octanol–water partition coefficient (Wildman–Crippen LogP) is 3.49. The van der Waals surface area contributed by atoms with Crippen molar-refractivity contribution in [2.45, 2.75) is 31.9 Å². The second-order valence-electron chi connectivity index (χ2n) is 8.38. The largest absolute Gasteiger partial charge is 0.476 e. The third-order valence-electron chi connectivity index (χ3n) is 5.90. The molecule has 9 nitrogen and oxygen atoms in total. The van der Waals surface area contributed by atoms with Crippen molar-refractivity contribution in [1.82, 2.24) is 14.5 Å². The molecule has 14 heteroatoms. The second-order valence-corrected chi connectivity index (χ2v) is 10.5. The first-order chi connectivity index (χ1) is 16.4. The fraction of sp³-hybridized carbons (Fsp3) is 0.429. The molecule has 1 fully saturated rings. The number of nitrogens with zero attached hydrogens (tertiary/aromatic N) is 4. The van der Waals surface area contributed by atoms with Crippen LogP contribution < -0.4 is 9.46 Å². The van der Waals surface area contributed by atoms with Gasteiger partial charge >= 0.3 is 6.18 Å². The van der Waals surface area contributed by atoms with Crippen LogP contribution in [0.1, 0.15) is 25.7 Å². The number of hydrogen-bond acceptors (Lipinski definition) is 7. The summed E-state index contributed by atoms with van der Waals surface area (Å²) in [5.41, 5.74) is -1.83. The van der Waals surface area contributed by atoms with Gasteiger partial charge in [0.05, 0.1) is 22.8 Å². The van der Waals surface area contributed by atoms with Gasteiger partial charge < -0.3 is 4.74 Å². The van der Waals surface area contributed by atoms with Crippen molar-refractivity contribution >= 4 is 38.5 Å². The first-order valence-electron chi connectivity index (χ1n) is 10.5. The molecule has 2 heterocycles. The molecule has 0 bridgehead atoms. The molecule has 1 amide bonds. The highest BCUT2D eigenvalue weighted by molar-refractivity contribution is 7.93. The lowest BCUT2D eigenvalue weighted by Crippen LogP contribution is -2.39. The molecular formula is C21H19ClF3N5O4S. The van der Waals surface area contributed by atoms with E-state index in [1.54, 1.807) is 6.08 Å². The lowest BCUT2D eigenvalue weighted by atomic mass is 10.0. The lowest BCUT2D eigenvalue weighted by molar-refractivity contribution is -0.194. The molecule has 35 heavy (non-hydrogen) atoms. The highest BCUT2D eigenvalue weighted by Gasteiger charge is 2.64. The molecule has 186 valence electrons. The van der Waals surface area contributed by atoms with Crippen LogP contribution in [-0.2, 0) is 14.8 Å². The van der Waals surface area contributed by atoms with Crippen LogP contribution in [0.5, 0.6) is 5.88 Å².